The number of nitrogens with zero attached hydrogens (tertiary/aromatic N) is 3. The zero-order valence-corrected chi connectivity index (χ0v) is 20.4. The zero-order valence-electron chi connectivity index (χ0n) is 17.3. The first kappa shape index (κ1) is 23.7. The molecule has 2 fully saturated rings. The summed E-state index contributed by atoms with van der Waals surface area (Å²) in [7, 11) is 0. The third-order valence-corrected chi connectivity index (χ3v) is 5.86. The lowest BCUT2D eigenvalue weighted by molar-refractivity contribution is 0.0195. The van der Waals surface area contributed by atoms with Crippen LogP contribution in [-0.4, -0.2) is 74.3 Å². The van der Waals surface area contributed by atoms with Crippen LogP contribution in [-0.2, 0) is 10.2 Å². The van der Waals surface area contributed by atoms with Gasteiger partial charge in [0.25, 0.3) is 0 Å². The van der Waals surface area contributed by atoms with Gasteiger partial charge in [-0.1, -0.05) is 37.6 Å². The van der Waals surface area contributed by atoms with Crippen molar-refractivity contribution in [2.24, 2.45) is 4.99 Å². The zero-order chi connectivity index (χ0) is 19.3. The minimum absolute atomic E-state index is 0. The van der Waals surface area contributed by atoms with Crippen LogP contribution in [0.25, 0.3) is 0 Å². The first-order valence-corrected chi connectivity index (χ1v) is 10.5. The summed E-state index contributed by atoms with van der Waals surface area (Å²) in [6.07, 6.45) is 1.20. The molecule has 7 heteroatoms. The highest BCUT2D eigenvalue weighted by molar-refractivity contribution is 14.0. The van der Waals surface area contributed by atoms with E-state index < -0.39 is 0 Å². The molecule has 2 aliphatic rings. The SMILES string of the molecule is CCNC(=NCC(C)(C)c1ccc(Cl)cc1)N1CCC(N2CCOCC2)C1.I. The van der Waals surface area contributed by atoms with Gasteiger partial charge in [0.2, 0.25) is 0 Å². The third kappa shape index (κ3) is 6.21. The van der Waals surface area contributed by atoms with E-state index in [2.05, 4.69) is 48.0 Å². The van der Waals surface area contributed by atoms with Crippen LogP contribution in [0.3, 0.4) is 0 Å². The van der Waals surface area contributed by atoms with Crippen LogP contribution in [0.2, 0.25) is 5.02 Å². The van der Waals surface area contributed by atoms with Crippen LogP contribution in [0.15, 0.2) is 29.3 Å². The van der Waals surface area contributed by atoms with E-state index >= 15 is 0 Å². The Morgan fingerprint density at radius 1 is 1.21 bits per heavy atom. The molecule has 1 N–H and O–H groups in total. The lowest BCUT2D eigenvalue weighted by Crippen LogP contribution is -2.47. The molecule has 28 heavy (non-hydrogen) atoms. The Bertz CT molecular complexity index is 632. The molecule has 0 bridgehead atoms. The van der Waals surface area contributed by atoms with Gasteiger partial charge < -0.3 is 15.0 Å². The molecular formula is C21H34ClIN4O. The first-order valence-electron chi connectivity index (χ1n) is 10.1. The molecule has 0 aromatic heterocycles. The number of hydrogen-bond donors (Lipinski definition) is 1. The number of benzene rings is 1. The number of morpholine rings is 1. The quantitative estimate of drug-likeness (QED) is 0.366. The smallest absolute Gasteiger partial charge is 0.193 e. The number of rotatable bonds is 5. The second-order valence-electron chi connectivity index (χ2n) is 8.10. The lowest BCUT2D eigenvalue weighted by atomic mass is 9.85. The summed E-state index contributed by atoms with van der Waals surface area (Å²) >= 11 is 6.04. The molecule has 158 valence electrons. The van der Waals surface area contributed by atoms with Gasteiger partial charge in [-0.3, -0.25) is 9.89 Å². The van der Waals surface area contributed by atoms with Crippen molar-refractivity contribution in [1.29, 1.82) is 0 Å². The maximum Gasteiger partial charge on any atom is 0.193 e. The lowest BCUT2D eigenvalue weighted by Gasteiger charge is -2.32. The van der Waals surface area contributed by atoms with E-state index in [9.17, 15) is 0 Å². The molecule has 3 rings (SSSR count). The van der Waals surface area contributed by atoms with Crippen LogP contribution in [0.5, 0.6) is 0 Å². The van der Waals surface area contributed by atoms with Crippen molar-refractivity contribution >= 4 is 41.5 Å². The highest BCUT2D eigenvalue weighted by Crippen LogP contribution is 2.25. The third-order valence-electron chi connectivity index (χ3n) is 5.61. The Morgan fingerprint density at radius 3 is 2.54 bits per heavy atom. The molecule has 1 aromatic carbocycles. The molecule has 0 saturated carbocycles. The molecule has 5 nitrogen and oxygen atoms in total. The Hall–Kier alpha value is -0.570. The van der Waals surface area contributed by atoms with Crippen LogP contribution in [0.1, 0.15) is 32.8 Å². The number of aliphatic imine (C=N–C) groups is 1. The number of halogens is 2. The summed E-state index contributed by atoms with van der Waals surface area (Å²) in [5, 5.41) is 4.27. The van der Waals surface area contributed by atoms with Gasteiger partial charge in [0.05, 0.1) is 19.8 Å². The number of nitrogens with one attached hydrogen (secondary N) is 1. The van der Waals surface area contributed by atoms with Gasteiger partial charge in [-0.05, 0) is 31.0 Å². The molecule has 1 aromatic rings. The van der Waals surface area contributed by atoms with Gasteiger partial charge >= 0.3 is 0 Å². The molecular weight excluding hydrogens is 487 g/mol. The average molecular weight is 521 g/mol. The molecule has 1 unspecified atom stereocenters. The minimum atomic E-state index is -0.0331. The van der Waals surface area contributed by atoms with E-state index in [1.165, 1.54) is 12.0 Å². The van der Waals surface area contributed by atoms with Gasteiger partial charge in [-0.25, -0.2) is 0 Å². The van der Waals surface area contributed by atoms with Gasteiger partial charge in [0.1, 0.15) is 0 Å². The standard InChI is InChI=1S/C21H33ClN4O.HI/c1-4-23-20(24-16-21(2,3)17-5-7-18(22)8-6-17)26-10-9-19(15-26)25-11-13-27-14-12-25;/h5-8,19H,4,9-16H2,1-3H3,(H,23,24);1H. The summed E-state index contributed by atoms with van der Waals surface area (Å²) in [5.74, 6) is 1.04. The van der Waals surface area contributed by atoms with E-state index in [-0.39, 0.29) is 29.4 Å². The fraction of sp³-hybridized carbons (Fsp3) is 0.667. The highest BCUT2D eigenvalue weighted by Gasteiger charge is 2.30. The molecule has 2 aliphatic heterocycles. The molecule has 0 spiro atoms. The van der Waals surface area contributed by atoms with Crippen molar-refractivity contribution in [1.82, 2.24) is 15.1 Å². The average Bonchev–Trinajstić information content (AvgIpc) is 3.16. The number of hydrogen-bond acceptors (Lipinski definition) is 3. The van der Waals surface area contributed by atoms with Gasteiger partial charge in [0, 0.05) is 49.2 Å². The molecule has 1 atom stereocenters. The van der Waals surface area contributed by atoms with Crippen molar-refractivity contribution in [2.75, 3.05) is 52.5 Å². The highest BCUT2D eigenvalue weighted by atomic mass is 127. The maximum atomic E-state index is 6.04. The van der Waals surface area contributed by atoms with E-state index in [1.54, 1.807) is 0 Å². The number of ether oxygens (including phenoxy) is 1. The molecule has 0 aliphatic carbocycles. The normalized spacial score (nSPS) is 21.5. The molecule has 2 saturated heterocycles. The summed E-state index contributed by atoms with van der Waals surface area (Å²) < 4.78 is 5.50. The summed E-state index contributed by atoms with van der Waals surface area (Å²) in [6.45, 7) is 14.2. The molecule has 0 amide bonds. The van der Waals surface area contributed by atoms with Crippen LogP contribution in [0.4, 0.5) is 0 Å². The van der Waals surface area contributed by atoms with Crippen molar-refractivity contribution in [3.05, 3.63) is 34.9 Å². The van der Waals surface area contributed by atoms with Crippen molar-refractivity contribution < 1.29 is 4.74 Å². The first-order chi connectivity index (χ1) is 13.0. The van der Waals surface area contributed by atoms with Gasteiger partial charge in [-0.2, -0.15) is 0 Å². The Labute approximate surface area is 191 Å². The van der Waals surface area contributed by atoms with Crippen LogP contribution < -0.4 is 5.32 Å². The van der Waals surface area contributed by atoms with E-state index in [0.29, 0.717) is 6.04 Å². The minimum Gasteiger partial charge on any atom is -0.379 e. The second kappa shape index (κ2) is 11.0. The Balaban J connectivity index is 0.00000280. The maximum absolute atomic E-state index is 6.04. The Kier molecular flexibility index (Phi) is 9.31. The summed E-state index contributed by atoms with van der Waals surface area (Å²) in [4.78, 5) is 9.99. The fourth-order valence-electron chi connectivity index (χ4n) is 3.87. The second-order valence-corrected chi connectivity index (χ2v) is 8.53. The Morgan fingerprint density at radius 2 is 1.89 bits per heavy atom. The summed E-state index contributed by atoms with van der Waals surface area (Å²) in [6, 6.07) is 8.74. The van der Waals surface area contributed by atoms with Crippen LogP contribution >= 0.6 is 35.6 Å². The van der Waals surface area contributed by atoms with E-state index in [4.69, 9.17) is 21.3 Å². The fourth-order valence-corrected chi connectivity index (χ4v) is 3.99. The molecule has 0 radical (unpaired) electrons. The molecule has 2 heterocycles. The predicted molar refractivity (Wildman–Crippen MR) is 128 cm³/mol. The predicted octanol–water partition coefficient (Wildman–Crippen LogP) is 3.61. The van der Waals surface area contributed by atoms with Crippen molar-refractivity contribution in [2.45, 2.75) is 38.6 Å². The van der Waals surface area contributed by atoms with Crippen LogP contribution in [0, 0.1) is 0 Å². The summed E-state index contributed by atoms with van der Waals surface area (Å²) in [5.41, 5.74) is 1.23. The monoisotopic (exact) mass is 520 g/mol. The topological polar surface area (TPSA) is 40.1 Å². The van der Waals surface area contributed by atoms with Gasteiger partial charge in [-0.15, -0.1) is 24.0 Å². The number of likely N-dealkylation sites (tertiary alicyclic amines) is 1. The van der Waals surface area contributed by atoms with Crippen molar-refractivity contribution in [3.8, 4) is 0 Å². The largest absolute Gasteiger partial charge is 0.379 e. The van der Waals surface area contributed by atoms with E-state index in [0.717, 1.165) is 63.5 Å². The van der Waals surface area contributed by atoms with Gasteiger partial charge in [0.15, 0.2) is 5.96 Å². The van der Waals surface area contributed by atoms with E-state index in [1.807, 2.05) is 12.1 Å². The number of guanidine groups is 1. The van der Waals surface area contributed by atoms with Crippen molar-refractivity contribution in [3.63, 3.8) is 0 Å².